The lowest BCUT2D eigenvalue weighted by Crippen LogP contribution is -2.28. The van der Waals surface area contributed by atoms with Crippen molar-refractivity contribution in [3.05, 3.63) is 47.3 Å². The number of carbonyl (C=O) groups is 1. The number of amides is 1. The number of rotatable bonds is 3. The van der Waals surface area contributed by atoms with Crippen molar-refractivity contribution < 1.29 is 9.53 Å². The number of nitrogens with zero attached hydrogens (tertiary/aromatic N) is 3. The molecule has 1 aliphatic heterocycles. The Labute approximate surface area is 141 Å². The summed E-state index contributed by atoms with van der Waals surface area (Å²) in [6.45, 7) is 3.32. The summed E-state index contributed by atoms with van der Waals surface area (Å²) >= 11 is 0. The maximum absolute atomic E-state index is 12.6. The van der Waals surface area contributed by atoms with Gasteiger partial charge in [0.1, 0.15) is 17.5 Å². The number of likely N-dealkylation sites (tertiary alicyclic amines) is 1. The van der Waals surface area contributed by atoms with Crippen LogP contribution in [0.5, 0.6) is 5.75 Å². The van der Waals surface area contributed by atoms with Gasteiger partial charge in [-0.05, 0) is 43.5 Å². The molecule has 0 radical (unpaired) electrons. The first-order valence-electron chi connectivity index (χ1n) is 7.99. The van der Waals surface area contributed by atoms with Gasteiger partial charge >= 0.3 is 0 Å². The summed E-state index contributed by atoms with van der Waals surface area (Å²) in [5.74, 6) is 0.686. The lowest BCUT2D eigenvalue weighted by atomic mass is 9.98. The molecule has 1 saturated heterocycles. The predicted octanol–water partition coefficient (Wildman–Crippen LogP) is 3.17. The summed E-state index contributed by atoms with van der Waals surface area (Å²) in [6.07, 6.45) is 2.07. The number of nitriles is 1. The molecule has 0 saturated carbocycles. The minimum Gasteiger partial charge on any atom is -0.497 e. The van der Waals surface area contributed by atoms with Crippen molar-refractivity contribution in [3.63, 3.8) is 0 Å². The van der Waals surface area contributed by atoms with Crippen molar-refractivity contribution in [3.8, 4) is 22.9 Å². The summed E-state index contributed by atoms with van der Waals surface area (Å²) in [4.78, 5) is 18.8. The number of benzene rings is 1. The van der Waals surface area contributed by atoms with E-state index >= 15 is 0 Å². The van der Waals surface area contributed by atoms with Crippen LogP contribution in [0.1, 0.15) is 34.6 Å². The van der Waals surface area contributed by atoms with E-state index in [1.165, 1.54) is 0 Å². The molecule has 0 aliphatic carbocycles. The fourth-order valence-corrected chi connectivity index (χ4v) is 3.00. The molecule has 24 heavy (non-hydrogen) atoms. The summed E-state index contributed by atoms with van der Waals surface area (Å²) in [5.41, 5.74) is 3.08. The summed E-state index contributed by atoms with van der Waals surface area (Å²) in [6, 6.07) is 11.4. The van der Waals surface area contributed by atoms with Gasteiger partial charge < -0.3 is 9.64 Å². The molecule has 1 aromatic heterocycles. The van der Waals surface area contributed by atoms with Crippen molar-refractivity contribution in [2.45, 2.75) is 19.8 Å². The first-order valence-corrected chi connectivity index (χ1v) is 7.99. The Morgan fingerprint density at radius 3 is 2.50 bits per heavy atom. The molecule has 2 aromatic rings. The summed E-state index contributed by atoms with van der Waals surface area (Å²) < 4.78 is 5.18. The highest BCUT2D eigenvalue weighted by molar-refractivity contribution is 5.94. The molecule has 1 amide bonds. The molecular formula is C19H19N3O2. The molecule has 0 bridgehead atoms. The molecule has 1 aromatic carbocycles. The first kappa shape index (κ1) is 16.0. The molecule has 0 spiro atoms. The highest BCUT2D eigenvalue weighted by Crippen LogP contribution is 2.28. The fraction of sp³-hybridized carbons (Fsp3) is 0.316. The van der Waals surface area contributed by atoms with Gasteiger partial charge in [-0.25, -0.2) is 4.98 Å². The van der Waals surface area contributed by atoms with Gasteiger partial charge in [0, 0.05) is 18.7 Å². The van der Waals surface area contributed by atoms with Gasteiger partial charge in [0.15, 0.2) is 0 Å². The second kappa shape index (κ2) is 6.71. The van der Waals surface area contributed by atoms with Gasteiger partial charge in [-0.2, -0.15) is 5.26 Å². The van der Waals surface area contributed by atoms with E-state index in [9.17, 15) is 10.1 Å². The van der Waals surface area contributed by atoms with E-state index in [0.29, 0.717) is 17.0 Å². The topological polar surface area (TPSA) is 66.2 Å². The number of carbonyl (C=O) groups excluding carboxylic acids is 1. The molecule has 0 unspecified atom stereocenters. The molecule has 5 nitrogen and oxygen atoms in total. The lowest BCUT2D eigenvalue weighted by Gasteiger charge is -2.16. The smallest absolute Gasteiger partial charge is 0.272 e. The Balaban J connectivity index is 2.06. The van der Waals surface area contributed by atoms with Gasteiger partial charge in [0.2, 0.25) is 0 Å². The zero-order valence-electron chi connectivity index (χ0n) is 13.9. The highest BCUT2D eigenvalue weighted by Gasteiger charge is 2.23. The van der Waals surface area contributed by atoms with Crippen LogP contribution in [0, 0.1) is 18.3 Å². The van der Waals surface area contributed by atoms with Gasteiger partial charge in [0.25, 0.3) is 5.91 Å². The van der Waals surface area contributed by atoms with E-state index in [1.807, 2.05) is 29.2 Å². The van der Waals surface area contributed by atoms with Gasteiger partial charge in [-0.3, -0.25) is 4.79 Å². The largest absolute Gasteiger partial charge is 0.497 e. The van der Waals surface area contributed by atoms with Crippen LogP contribution in [0.4, 0.5) is 0 Å². The number of hydrogen-bond acceptors (Lipinski definition) is 4. The van der Waals surface area contributed by atoms with Crippen LogP contribution in [0.15, 0.2) is 30.3 Å². The second-order valence-electron chi connectivity index (χ2n) is 5.86. The normalized spacial score (nSPS) is 13.6. The maximum atomic E-state index is 12.6. The third-order valence-corrected chi connectivity index (χ3v) is 4.33. The average molecular weight is 321 g/mol. The SMILES string of the molecule is COc1ccc(-c2cc(C(=O)N3CCCC3)nc(C)c2C#N)cc1. The molecule has 0 atom stereocenters. The minimum absolute atomic E-state index is 0.0603. The fourth-order valence-electron chi connectivity index (χ4n) is 3.00. The van der Waals surface area contributed by atoms with E-state index in [0.717, 1.165) is 42.8 Å². The lowest BCUT2D eigenvalue weighted by molar-refractivity contribution is 0.0787. The highest BCUT2D eigenvalue weighted by atomic mass is 16.5. The van der Waals surface area contributed by atoms with E-state index in [4.69, 9.17) is 4.74 Å². The second-order valence-corrected chi connectivity index (χ2v) is 5.86. The number of aromatic nitrogens is 1. The molecule has 5 heteroatoms. The van der Waals surface area contributed by atoms with Crippen molar-refractivity contribution in [1.82, 2.24) is 9.88 Å². The van der Waals surface area contributed by atoms with Crippen molar-refractivity contribution >= 4 is 5.91 Å². The molecular weight excluding hydrogens is 302 g/mol. The van der Waals surface area contributed by atoms with Gasteiger partial charge in [-0.15, -0.1) is 0 Å². The van der Waals surface area contributed by atoms with Crippen LogP contribution in [-0.4, -0.2) is 36.0 Å². The Kier molecular flexibility index (Phi) is 4.48. The Morgan fingerprint density at radius 2 is 1.92 bits per heavy atom. The third-order valence-electron chi connectivity index (χ3n) is 4.33. The van der Waals surface area contributed by atoms with Crippen LogP contribution >= 0.6 is 0 Å². The predicted molar refractivity (Wildman–Crippen MR) is 90.8 cm³/mol. The van der Waals surface area contributed by atoms with E-state index < -0.39 is 0 Å². The standard InChI is InChI=1S/C19H19N3O2/c1-13-17(12-20)16(14-5-7-15(24-2)8-6-14)11-18(21-13)19(23)22-9-3-4-10-22/h5-8,11H,3-4,9-10H2,1-2H3. The van der Waals surface area contributed by atoms with E-state index in [1.54, 1.807) is 20.1 Å². The molecule has 122 valence electrons. The number of hydrogen-bond donors (Lipinski definition) is 0. The Bertz CT molecular complexity index is 801. The molecule has 2 heterocycles. The van der Waals surface area contributed by atoms with E-state index in [2.05, 4.69) is 11.1 Å². The van der Waals surface area contributed by atoms with Crippen LogP contribution in [0.25, 0.3) is 11.1 Å². The monoisotopic (exact) mass is 321 g/mol. The van der Waals surface area contributed by atoms with Crippen molar-refractivity contribution in [2.75, 3.05) is 20.2 Å². The number of pyridine rings is 1. The number of aryl methyl sites for hydroxylation is 1. The summed E-state index contributed by atoms with van der Waals surface area (Å²) in [5, 5.41) is 9.49. The zero-order valence-corrected chi connectivity index (χ0v) is 13.9. The average Bonchev–Trinajstić information content (AvgIpc) is 3.15. The molecule has 1 aliphatic rings. The van der Waals surface area contributed by atoms with Crippen molar-refractivity contribution in [1.29, 1.82) is 5.26 Å². The quantitative estimate of drug-likeness (QED) is 0.871. The van der Waals surface area contributed by atoms with Crippen LogP contribution in [0.2, 0.25) is 0 Å². The molecule has 3 rings (SSSR count). The van der Waals surface area contributed by atoms with E-state index in [-0.39, 0.29) is 5.91 Å². The first-order chi connectivity index (χ1) is 11.6. The van der Waals surface area contributed by atoms with Gasteiger partial charge in [0.05, 0.1) is 18.4 Å². The minimum atomic E-state index is -0.0603. The number of methoxy groups -OCH3 is 1. The molecule has 1 fully saturated rings. The third kappa shape index (κ3) is 2.95. The van der Waals surface area contributed by atoms with Crippen molar-refractivity contribution in [2.24, 2.45) is 0 Å². The van der Waals surface area contributed by atoms with Crippen LogP contribution < -0.4 is 4.74 Å². The maximum Gasteiger partial charge on any atom is 0.272 e. The molecule has 0 N–H and O–H groups in total. The van der Waals surface area contributed by atoms with Gasteiger partial charge in [-0.1, -0.05) is 12.1 Å². The summed E-state index contributed by atoms with van der Waals surface area (Å²) in [7, 11) is 1.61. The Hall–Kier alpha value is -2.87. The zero-order chi connectivity index (χ0) is 17.1. The van der Waals surface area contributed by atoms with Crippen LogP contribution in [-0.2, 0) is 0 Å². The number of ether oxygens (including phenoxy) is 1. The van der Waals surface area contributed by atoms with Crippen LogP contribution in [0.3, 0.4) is 0 Å². The Morgan fingerprint density at radius 1 is 1.25 bits per heavy atom.